The highest BCUT2D eigenvalue weighted by Gasteiger charge is 2.68. The van der Waals surface area contributed by atoms with E-state index in [0.29, 0.717) is 12.8 Å². The molecule has 2 bridgehead atoms. The molecule has 174 valence electrons. The minimum atomic E-state index is -0.715. The van der Waals surface area contributed by atoms with Gasteiger partial charge < -0.3 is 14.8 Å². The van der Waals surface area contributed by atoms with E-state index >= 15 is 0 Å². The predicted octanol–water partition coefficient (Wildman–Crippen LogP) is 3.90. The van der Waals surface area contributed by atoms with Gasteiger partial charge in [0.1, 0.15) is 17.5 Å². The molecule has 0 aromatic carbocycles. The van der Waals surface area contributed by atoms with Crippen LogP contribution in [0.4, 0.5) is 0 Å². The number of hydrogen-bond donors (Lipinski definition) is 2. The Morgan fingerprint density at radius 1 is 1.28 bits per heavy atom. The molecule has 0 radical (unpaired) electrons. The Hall–Kier alpha value is -2.21. The van der Waals surface area contributed by atoms with Crippen LogP contribution >= 0.6 is 0 Å². The van der Waals surface area contributed by atoms with E-state index in [2.05, 4.69) is 32.3 Å². The second-order valence-corrected chi connectivity index (χ2v) is 10.9. The summed E-state index contributed by atoms with van der Waals surface area (Å²) in [6, 6.07) is 1.30. The Morgan fingerprint density at radius 2 is 2.00 bits per heavy atom. The summed E-state index contributed by atoms with van der Waals surface area (Å²) in [6.07, 6.45) is 6.62. The summed E-state index contributed by atoms with van der Waals surface area (Å²) >= 11 is 0. The molecule has 0 spiro atoms. The van der Waals surface area contributed by atoms with Crippen molar-refractivity contribution < 1.29 is 19.4 Å². The van der Waals surface area contributed by atoms with Crippen LogP contribution in [0.15, 0.2) is 35.9 Å². The van der Waals surface area contributed by atoms with Crippen molar-refractivity contribution in [2.24, 2.45) is 34.0 Å². The summed E-state index contributed by atoms with van der Waals surface area (Å²) in [4.78, 5) is 41.6. The molecule has 3 aliphatic rings. The van der Waals surface area contributed by atoms with Crippen LogP contribution in [0.3, 0.4) is 0 Å². The number of aliphatic hydroxyl groups is 1. The normalized spacial score (nSPS) is 43.7. The van der Waals surface area contributed by atoms with E-state index in [9.17, 15) is 19.5 Å². The van der Waals surface area contributed by atoms with Gasteiger partial charge in [-0.2, -0.15) is 0 Å². The quantitative estimate of drug-likeness (QED) is 0.548. The van der Waals surface area contributed by atoms with Crippen molar-refractivity contribution in [1.29, 1.82) is 0 Å². The first-order chi connectivity index (χ1) is 15.0. The van der Waals surface area contributed by atoms with E-state index in [1.807, 2.05) is 6.92 Å². The number of H-pyrrole nitrogens is 1. The lowest BCUT2D eigenvalue weighted by Crippen LogP contribution is -2.63. The second-order valence-electron chi connectivity index (χ2n) is 10.9. The van der Waals surface area contributed by atoms with Gasteiger partial charge in [0.2, 0.25) is 0 Å². The number of aliphatic hydroxyl groups excluding tert-OH is 1. The molecule has 1 unspecified atom stereocenters. The van der Waals surface area contributed by atoms with Crippen molar-refractivity contribution in [1.82, 2.24) is 4.98 Å². The van der Waals surface area contributed by atoms with Crippen LogP contribution in [0.25, 0.3) is 0 Å². The molecule has 8 atom stereocenters. The fraction of sp³-hybridized carbons (Fsp3) is 0.654. The number of Topliss-reactive ketones (excluding diaryl/α,β-unsaturated/α-hetero) is 1. The summed E-state index contributed by atoms with van der Waals surface area (Å²) in [5.41, 5.74) is -2.08. The van der Waals surface area contributed by atoms with Gasteiger partial charge in [-0.1, -0.05) is 33.8 Å². The molecule has 0 aliphatic heterocycles. The number of aromatic amines is 1. The number of aromatic nitrogens is 1. The van der Waals surface area contributed by atoms with E-state index in [0.717, 1.165) is 19.3 Å². The molecule has 32 heavy (non-hydrogen) atoms. The van der Waals surface area contributed by atoms with Crippen molar-refractivity contribution in [3.05, 3.63) is 46.9 Å². The van der Waals surface area contributed by atoms with Crippen LogP contribution in [-0.2, 0) is 9.53 Å². The number of hydrogen-bond acceptors (Lipinski definition) is 5. The molecule has 1 aromatic heterocycles. The first-order valence-corrected chi connectivity index (χ1v) is 11.7. The average Bonchev–Trinajstić information content (AvgIpc) is 3.12. The van der Waals surface area contributed by atoms with Crippen molar-refractivity contribution in [2.75, 3.05) is 0 Å². The number of carbonyl (C=O) groups excluding carboxylic acids is 2. The van der Waals surface area contributed by atoms with Crippen molar-refractivity contribution in [2.45, 2.75) is 72.0 Å². The van der Waals surface area contributed by atoms with Crippen molar-refractivity contribution in [3.8, 4) is 0 Å². The van der Waals surface area contributed by atoms with Gasteiger partial charge in [0.25, 0.3) is 0 Å². The zero-order chi connectivity index (χ0) is 23.5. The summed E-state index contributed by atoms with van der Waals surface area (Å²) in [5.74, 6) is -0.710. The maximum atomic E-state index is 13.4. The molecule has 4 rings (SSSR count). The average molecular weight is 442 g/mol. The molecule has 3 aliphatic carbocycles. The molecule has 6 heteroatoms. The van der Waals surface area contributed by atoms with Crippen LogP contribution in [0.1, 0.15) is 70.2 Å². The van der Waals surface area contributed by atoms with Gasteiger partial charge in [0, 0.05) is 41.6 Å². The molecule has 0 saturated heterocycles. The number of ether oxygens (including phenoxy) is 1. The largest absolute Gasteiger partial charge is 0.458 e. The maximum Gasteiger partial charge on any atom is 0.343 e. The number of pyridine rings is 1. The van der Waals surface area contributed by atoms with Gasteiger partial charge in [-0.15, -0.1) is 6.58 Å². The number of esters is 1. The minimum absolute atomic E-state index is 0.0557. The molecule has 3 saturated carbocycles. The molecular formula is C26H35NO5. The number of carbonyl (C=O) groups is 2. The van der Waals surface area contributed by atoms with Gasteiger partial charge in [-0.3, -0.25) is 9.59 Å². The van der Waals surface area contributed by atoms with Crippen molar-refractivity contribution in [3.63, 3.8) is 0 Å². The van der Waals surface area contributed by atoms with Gasteiger partial charge in [-0.25, -0.2) is 4.79 Å². The Kier molecular flexibility index (Phi) is 5.51. The molecule has 1 heterocycles. The highest BCUT2D eigenvalue weighted by Crippen LogP contribution is 2.68. The fourth-order valence-electron chi connectivity index (χ4n) is 7.27. The lowest BCUT2D eigenvalue weighted by Gasteiger charge is -2.61. The second kappa shape index (κ2) is 7.68. The van der Waals surface area contributed by atoms with Crippen LogP contribution in [0.5, 0.6) is 0 Å². The van der Waals surface area contributed by atoms with E-state index < -0.39 is 34.4 Å². The van der Waals surface area contributed by atoms with E-state index in [1.54, 1.807) is 6.08 Å². The summed E-state index contributed by atoms with van der Waals surface area (Å²) in [6.45, 7) is 12.3. The smallest absolute Gasteiger partial charge is 0.343 e. The molecule has 6 nitrogen and oxygen atoms in total. The minimum Gasteiger partial charge on any atom is -0.458 e. The molecule has 1 aromatic rings. The predicted molar refractivity (Wildman–Crippen MR) is 121 cm³/mol. The maximum absolute atomic E-state index is 13.4. The first kappa shape index (κ1) is 23.0. The zero-order valence-corrected chi connectivity index (χ0v) is 19.5. The Labute approximate surface area is 189 Å². The summed E-state index contributed by atoms with van der Waals surface area (Å²) < 4.78 is 6.12. The number of ketones is 1. The fourth-order valence-corrected chi connectivity index (χ4v) is 7.27. The van der Waals surface area contributed by atoms with Gasteiger partial charge in [-0.05, 0) is 42.9 Å². The monoisotopic (exact) mass is 441 g/mol. The first-order valence-electron chi connectivity index (χ1n) is 11.7. The third kappa shape index (κ3) is 3.06. The Morgan fingerprint density at radius 3 is 2.66 bits per heavy atom. The van der Waals surface area contributed by atoms with Crippen LogP contribution in [0.2, 0.25) is 0 Å². The van der Waals surface area contributed by atoms with Crippen LogP contribution in [-0.4, -0.2) is 34.1 Å². The summed E-state index contributed by atoms with van der Waals surface area (Å²) in [5, 5.41) is 11.5. The van der Waals surface area contributed by atoms with Crippen molar-refractivity contribution >= 4 is 11.8 Å². The zero-order valence-electron chi connectivity index (χ0n) is 19.5. The van der Waals surface area contributed by atoms with Crippen LogP contribution < -0.4 is 5.43 Å². The Bertz CT molecular complexity index is 1000. The highest BCUT2D eigenvalue weighted by atomic mass is 16.5. The van der Waals surface area contributed by atoms with Gasteiger partial charge in [0.15, 0.2) is 5.43 Å². The SMILES string of the molecule is C=C[C@]1(C)C[C@@H](OC(=O)c2c[nH]ccc2=O)[C@@]2(C)C3C(=O)CC[C@@]3(CC[C@H]2C)[C@@H](C)[C@@H]1O. The molecule has 2 N–H and O–H groups in total. The lowest BCUT2D eigenvalue weighted by atomic mass is 9.44. The molecule has 0 amide bonds. The third-order valence-electron chi connectivity index (χ3n) is 9.60. The van der Waals surface area contributed by atoms with Crippen LogP contribution in [0, 0.1) is 34.0 Å². The van der Waals surface area contributed by atoms with E-state index in [-0.39, 0.29) is 34.5 Å². The molecular weight excluding hydrogens is 406 g/mol. The number of rotatable bonds is 3. The van der Waals surface area contributed by atoms with E-state index in [1.165, 1.54) is 18.5 Å². The lowest BCUT2D eigenvalue weighted by molar-refractivity contribution is -0.192. The molecule has 3 fully saturated rings. The topological polar surface area (TPSA) is 96.5 Å². The summed E-state index contributed by atoms with van der Waals surface area (Å²) in [7, 11) is 0. The van der Waals surface area contributed by atoms with Gasteiger partial charge in [0.05, 0.1) is 6.10 Å². The highest BCUT2D eigenvalue weighted by molar-refractivity contribution is 5.89. The standard InChI is InChI=1S/C26H35NO5/c1-6-24(4)13-20(32-23(31)17-14-27-12-9-18(17)28)25(5)15(2)7-10-26(16(3)22(24)30)11-8-19(29)21(25)26/h6,9,12,14-16,20-22,30H,1,7-8,10-11,13H2,2-5H3,(H,27,28)/t15-,16+,20-,21?,22+,24-,25+,26+/m1/s1. The Balaban J connectivity index is 1.86. The van der Waals surface area contributed by atoms with E-state index in [4.69, 9.17) is 4.74 Å². The van der Waals surface area contributed by atoms with Gasteiger partial charge >= 0.3 is 5.97 Å². The third-order valence-corrected chi connectivity index (χ3v) is 9.60. The number of nitrogens with one attached hydrogen (secondary N) is 1.